The lowest BCUT2D eigenvalue weighted by atomic mass is 10.1. The summed E-state index contributed by atoms with van der Waals surface area (Å²) in [6.07, 6.45) is 2.00. The van der Waals surface area contributed by atoms with E-state index in [0.717, 1.165) is 18.5 Å². The molecule has 1 heterocycles. The van der Waals surface area contributed by atoms with Crippen molar-refractivity contribution in [2.45, 2.75) is 30.7 Å². The highest BCUT2D eigenvalue weighted by atomic mass is 32.2. The lowest BCUT2D eigenvalue weighted by Gasteiger charge is -2.17. The molecule has 3 nitrogen and oxygen atoms in total. The van der Waals surface area contributed by atoms with Crippen molar-refractivity contribution >= 4 is 23.4 Å². The molecule has 86 valence electrons. The quantitative estimate of drug-likeness (QED) is 0.844. The first kappa shape index (κ1) is 11.5. The molecule has 1 unspecified atom stereocenters. The van der Waals surface area contributed by atoms with E-state index in [1.165, 1.54) is 10.5 Å². The first-order valence-electron chi connectivity index (χ1n) is 5.46. The number of fused-ring (bicyclic) bond motifs is 1. The van der Waals surface area contributed by atoms with Crippen molar-refractivity contribution in [3.05, 3.63) is 23.8 Å². The number of benzene rings is 1. The number of rotatable bonds is 3. The summed E-state index contributed by atoms with van der Waals surface area (Å²) >= 11 is 1.60. The average Bonchev–Trinajstić information content (AvgIpc) is 2.26. The van der Waals surface area contributed by atoms with Crippen molar-refractivity contribution in [3.63, 3.8) is 0 Å². The van der Waals surface area contributed by atoms with Crippen LogP contribution in [0.1, 0.15) is 18.9 Å². The van der Waals surface area contributed by atoms with Crippen LogP contribution in [-0.4, -0.2) is 17.7 Å². The maximum absolute atomic E-state index is 11.2. The molecule has 16 heavy (non-hydrogen) atoms. The van der Waals surface area contributed by atoms with Crippen LogP contribution in [0, 0.1) is 0 Å². The number of thioether (sulfide) groups is 1. The molecule has 0 fully saturated rings. The van der Waals surface area contributed by atoms with Gasteiger partial charge >= 0.3 is 0 Å². The second-order valence-corrected chi connectivity index (χ2v) is 5.20. The van der Waals surface area contributed by atoms with E-state index < -0.39 is 0 Å². The molecule has 1 atom stereocenters. The highest BCUT2D eigenvalue weighted by Gasteiger charge is 2.15. The fourth-order valence-corrected chi connectivity index (χ4v) is 2.54. The number of aryl methyl sites for hydroxylation is 1. The second-order valence-electron chi connectivity index (χ2n) is 4.18. The zero-order chi connectivity index (χ0) is 11.5. The SMILES string of the molecule is CC(N)CCc1ccc2c(c1)SCC(=O)N2. The molecule has 0 radical (unpaired) electrons. The Morgan fingerprint density at radius 3 is 3.12 bits per heavy atom. The van der Waals surface area contributed by atoms with Gasteiger partial charge in [0.1, 0.15) is 0 Å². The minimum Gasteiger partial charge on any atom is -0.328 e. The Labute approximate surface area is 99.8 Å². The first-order chi connectivity index (χ1) is 7.65. The van der Waals surface area contributed by atoms with Crippen molar-refractivity contribution in [1.29, 1.82) is 0 Å². The van der Waals surface area contributed by atoms with Crippen molar-refractivity contribution in [2.24, 2.45) is 5.73 Å². The minimum absolute atomic E-state index is 0.0841. The third-order valence-electron chi connectivity index (χ3n) is 2.57. The van der Waals surface area contributed by atoms with Crippen LogP contribution in [0.5, 0.6) is 0 Å². The lowest BCUT2D eigenvalue weighted by Crippen LogP contribution is -2.19. The summed E-state index contributed by atoms with van der Waals surface area (Å²) in [5.41, 5.74) is 7.96. The summed E-state index contributed by atoms with van der Waals surface area (Å²) in [5, 5.41) is 2.87. The molecule has 3 N–H and O–H groups in total. The van der Waals surface area contributed by atoms with Gasteiger partial charge in [-0.15, -0.1) is 11.8 Å². The Morgan fingerprint density at radius 2 is 2.38 bits per heavy atom. The van der Waals surface area contributed by atoms with Gasteiger partial charge in [0.2, 0.25) is 5.91 Å². The number of nitrogens with two attached hydrogens (primary N) is 1. The Morgan fingerprint density at radius 1 is 1.56 bits per heavy atom. The van der Waals surface area contributed by atoms with Crippen LogP contribution in [0.2, 0.25) is 0 Å². The van der Waals surface area contributed by atoms with Crippen LogP contribution < -0.4 is 11.1 Å². The summed E-state index contributed by atoms with van der Waals surface area (Å²) in [6, 6.07) is 6.44. The van der Waals surface area contributed by atoms with Crippen LogP contribution >= 0.6 is 11.8 Å². The molecule has 0 spiro atoms. The fraction of sp³-hybridized carbons (Fsp3) is 0.417. The number of hydrogen-bond donors (Lipinski definition) is 2. The van der Waals surface area contributed by atoms with Crippen molar-refractivity contribution in [2.75, 3.05) is 11.1 Å². The lowest BCUT2D eigenvalue weighted by molar-refractivity contribution is -0.113. The highest BCUT2D eigenvalue weighted by Crippen LogP contribution is 2.32. The predicted octanol–water partition coefficient (Wildman–Crippen LogP) is 2.01. The van der Waals surface area contributed by atoms with Crippen LogP contribution in [-0.2, 0) is 11.2 Å². The normalized spacial score (nSPS) is 16.5. The number of carbonyl (C=O) groups excluding carboxylic acids is 1. The van der Waals surface area contributed by atoms with Crippen LogP contribution in [0.4, 0.5) is 5.69 Å². The first-order valence-corrected chi connectivity index (χ1v) is 6.45. The standard InChI is InChI=1S/C12H16N2OS/c1-8(13)2-3-9-4-5-10-11(6-9)16-7-12(15)14-10/h4-6,8H,2-3,7,13H2,1H3,(H,14,15). The van der Waals surface area contributed by atoms with Crippen molar-refractivity contribution in [1.82, 2.24) is 0 Å². The molecule has 4 heteroatoms. The summed E-state index contributed by atoms with van der Waals surface area (Å²) in [6.45, 7) is 2.02. The van der Waals surface area contributed by atoms with Gasteiger partial charge in [-0.3, -0.25) is 4.79 Å². The van der Waals surface area contributed by atoms with Crippen molar-refractivity contribution < 1.29 is 4.79 Å². The Kier molecular flexibility index (Phi) is 3.51. The minimum atomic E-state index is 0.0841. The average molecular weight is 236 g/mol. The van der Waals surface area contributed by atoms with Gasteiger partial charge in [-0.25, -0.2) is 0 Å². The van der Waals surface area contributed by atoms with Gasteiger partial charge in [0.15, 0.2) is 0 Å². The molecular weight excluding hydrogens is 220 g/mol. The number of hydrogen-bond acceptors (Lipinski definition) is 3. The van der Waals surface area contributed by atoms with E-state index in [-0.39, 0.29) is 11.9 Å². The highest BCUT2D eigenvalue weighted by molar-refractivity contribution is 8.00. The molecule has 0 saturated heterocycles. The molecular formula is C12H16N2OS. The zero-order valence-corrected chi connectivity index (χ0v) is 10.1. The summed E-state index contributed by atoms with van der Waals surface area (Å²) < 4.78 is 0. The summed E-state index contributed by atoms with van der Waals surface area (Å²) in [7, 11) is 0. The number of carbonyl (C=O) groups is 1. The van der Waals surface area contributed by atoms with E-state index in [2.05, 4.69) is 17.4 Å². The maximum atomic E-state index is 11.2. The Balaban J connectivity index is 2.10. The summed E-state index contributed by atoms with van der Waals surface area (Å²) in [5.74, 6) is 0.602. The third-order valence-corrected chi connectivity index (χ3v) is 3.62. The van der Waals surface area contributed by atoms with Crippen molar-refractivity contribution in [3.8, 4) is 0 Å². The molecule has 0 saturated carbocycles. The largest absolute Gasteiger partial charge is 0.328 e. The molecule has 0 aromatic heterocycles. The van der Waals surface area contributed by atoms with Crippen LogP contribution in [0.15, 0.2) is 23.1 Å². The van der Waals surface area contributed by atoms with Gasteiger partial charge in [-0.05, 0) is 37.5 Å². The molecule has 0 bridgehead atoms. The fourth-order valence-electron chi connectivity index (χ4n) is 1.67. The smallest absolute Gasteiger partial charge is 0.234 e. The predicted molar refractivity (Wildman–Crippen MR) is 67.8 cm³/mol. The van der Waals surface area contributed by atoms with Gasteiger partial charge in [0.05, 0.1) is 11.4 Å². The van der Waals surface area contributed by atoms with Gasteiger partial charge < -0.3 is 11.1 Å². The maximum Gasteiger partial charge on any atom is 0.234 e. The van der Waals surface area contributed by atoms with Crippen LogP contribution in [0.3, 0.4) is 0 Å². The number of nitrogens with one attached hydrogen (secondary N) is 1. The zero-order valence-electron chi connectivity index (χ0n) is 9.32. The molecule has 1 aromatic carbocycles. The third kappa shape index (κ3) is 2.77. The topological polar surface area (TPSA) is 55.1 Å². The van der Waals surface area contributed by atoms with E-state index in [9.17, 15) is 4.79 Å². The summed E-state index contributed by atoms with van der Waals surface area (Å²) in [4.78, 5) is 12.3. The Hall–Kier alpha value is -1.00. The molecule has 1 aromatic rings. The van der Waals surface area contributed by atoms with E-state index in [1.807, 2.05) is 13.0 Å². The van der Waals surface area contributed by atoms with Crippen LogP contribution in [0.25, 0.3) is 0 Å². The van der Waals surface area contributed by atoms with E-state index in [0.29, 0.717) is 5.75 Å². The number of anilines is 1. The molecule has 1 aliphatic heterocycles. The molecule has 1 aliphatic rings. The number of amides is 1. The van der Waals surface area contributed by atoms with Gasteiger partial charge in [-0.1, -0.05) is 6.07 Å². The monoisotopic (exact) mass is 236 g/mol. The van der Waals surface area contributed by atoms with Gasteiger partial charge in [0.25, 0.3) is 0 Å². The van der Waals surface area contributed by atoms with E-state index in [4.69, 9.17) is 5.73 Å². The van der Waals surface area contributed by atoms with E-state index in [1.54, 1.807) is 11.8 Å². The Bertz CT molecular complexity index is 404. The second kappa shape index (κ2) is 4.89. The molecule has 1 amide bonds. The van der Waals surface area contributed by atoms with Gasteiger partial charge in [-0.2, -0.15) is 0 Å². The molecule has 2 rings (SSSR count). The molecule has 0 aliphatic carbocycles. The van der Waals surface area contributed by atoms with E-state index >= 15 is 0 Å². The van der Waals surface area contributed by atoms with Gasteiger partial charge in [0, 0.05) is 10.9 Å².